The normalized spacial score (nSPS) is 11.6. The highest BCUT2D eigenvalue weighted by Crippen LogP contribution is 2.04. The van der Waals surface area contributed by atoms with Crippen LogP contribution in [0.3, 0.4) is 0 Å². The molecule has 1 aromatic heterocycles. The van der Waals surface area contributed by atoms with Gasteiger partial charge in [-0.25, -0.2) is 9.78 Å². The molecular formula is C15H16N4O5. The summed E-state index contributed by atoms with van der Waals surface area (Å²) in [6.07, 6.45) is 0.0557. The Balaban J connectivity index is 2.05. The molecule has 1 heterocycles. The minimum Gasteiger partial charge on any atom is -0.451 e. The SMILES string of the molecule is CNC(=O)NC(=O)[C@@H](C)OC(=O)Cn1cnc2ccccc2c1=O. The van der Waals surface area contributed by atoms with Gasteiger partial charge in [0.15, 0.2) is 6.10 Å². The van der Waals surface area contributed by atoms with Gasteiger partial charge in [-0.1, -0.05) is 12.1 Å². The molecule has 0 aliphatic rings. The molecule has 24 heavy (non-hydrogen) atoms. The molecule has 2 rings (SSSR count). The number of imide groups is 1. The molecular weight excluding hydrogens is 316 g/mol. The van der Waals surface area contributed by atoms with Crippen LogP contribution in [0.5, 0.6) is 0 Å². The minimum atomic E-state index is -1.18. The molecule has 0 radical (unpaired) electrons. The highest BCUT2D eigenvalue weighted by molar-refractivity contribution is 5.97. The van der Waals surface area contributed by atoms with Gasteiger partial charge in [-0.05, 0) is 19.1 Å². The first kappa shape index (κ1) is 17.1. The average Bonchev–Trinajstić information content (AvgIpc) is 2.57. The lowest BCUT2D eigenvalue weighted by Crippen LogP contribution is -2.43. The predicted molar refractivity (Wildman–Crippen MR) is 84.2 cm³/mol. The van der Waals surface area contributed by atoms with Crippen molar-refractivity contribution in [1.29, 1.82) is 0 Å². The fourth-order valence-electron chi connectivity index (χ4n) is 1.92. The number of nitrogens with one attached hydrogen (secondary N) is 2. The van der Waals surface area contributed by atoms with Crippen LogP contribution in [0.4, 0.5) is 4.79 Å². The molecule has 2 aromatic rings. The molecule has 1 aromatic carbocycles. The second-order valence-electron chi connectivity index (χ2n) is 4.90. The summed E-state index contributed by atoms with van der Waals surface area (Å²) in [5.41, 5.74) is 0.130. The first-order chi connectivity index (χ1) is 11.4. The number of fused-ring (bicyclic) bond motifs is 1. The van der Waals surface area contributed by atoms with E-state index >= 15 is 0 Å². The number of aromatic nitrogens is 2. The van der Waals surface area contributed by atoms with Crippen molar-refractivity contribution in [2.45, 2.75) is 19.6 Å². The molecule has 0 fully saturated rings. The van der Waals surface area contributed by atoms with Crippen LogP contribution in [0, 0.1) is 0 Å². The Morgan fingerprint density at radius 1 is 1.29 bits per heavy atom. The number of urea groups is 1. The van der Waals surface area contributed by atoms with Crippen molar-refractivity contribution in [3.8, 4) is 0 Å². The first-order valence-electron chi connectivity index (χ1n) is 7.08. The van der Waals surface area contributed by atoms with Crippen molar-refractivity contribution >= 4 is 28.8 Å². The highest BCUT2D eigenvalue weighted by Gasteiger charge is 2.20. The second kappa shape index (κ2) is 7.36. The Bertz CT molecular complexity index is 845. The van der Waals surface area contributed by atoms with Crippen molar-refractivity contribution in [2.75, 3.05) is 7.05 Å². The van der Waals surface area contributed by atoms with Gasteiger partial charge < -0.3 is 10.1 Å². The van der Waals surface area contributed by atoms with E-state index in [0.29, 0.717) is 10.9 Å². The van der Waals surface area contributed by atoms with E-state index in [4.69, 9.17) is 4.74 Å². The van der Waals surface area contributed by atoms with E-state index in [0.717, 1.165) is 4.57 Å². The summed E-state index contributed by atoms with van der Waals surface area (Å²) in [5, 5.41) is 4.56. The molecule has 9 nitrogen and oxygen atoms in total. The first-order valence-corrected chi connectivity index (χ1v) is 7.08. The lowest BCUT2D eigenvalue weighted by atomic mass is 10.2. The minimum absolute atomic E-state index is 0.373. The molecule has 0 saturated carbocycles. The number of rotatable bonds is 4. The quantitative estimate of drug-likeness (QED) is 0.747. The van der Waals surface area contributed by atoms with Crippen LogP contribution >= 0.6 is 0 Å². The van der Waals surface area contributed by atoms with Gasteiger partial charge >= 0.3 is 12.0 Å². The van der Waals surface area contributed by atoms with Gasteiger partial charge in [0.1, 0.15) is 6.54 Å². The molecule has 0 bridgehead atoms. The number of nitrogens with zero attached hydrogens (tertiary/aromatic N) is 2. The number of esters is 1. The van der Waals surface area contributed by atoms with Gasteiger partial charge in [0.25, 0.3) is 11.5 Å². The molecule has 0 aliphatic carbocycles. The maximum Gasteiger partial charge on any atom is 0.326 e. The third-order valence-corrected chi connectivity index (χ3v) is 3.17. The van der Waals surface area contributed by atoms with Crippen LogP contribution in [-0.4, -0.2) is 40.6 Å². The van der Waals surface area contributed by atoms with E-state index in [2.05, 4.69) is 10.3 Å². The van der Waals surface area contributed by atoms with Crippen LogP contribution in [-0.2, 0) is 20.9 Å². The zero-order chi connectivity index (χ0) is 17.7. The monoisotopic (exact) mass is 332 g/mol. The number of para-hydroxylation sites is 1. The van der Waals surface area contributed by atoms with Gasteiger partial charge in [0, 0.05) is 7.05 Å². The standard InChI is InChI=1S/C15H16N4O5/c1-9(13(21)18-15(23)16-2)24-12(20)7-19-8-17-11-6-4-3-5-10(11)14(19)22/h3-6,8-9H,7H2,1-2H3,(H2,16,18,21,23)/t9-/m1/s1. The largest absolute Gasteiger partial charge is 0.451 e. The molecule has 3 amide bonds. The number of carbonyl (C=O) groups is 3. The van der Waals surface area contributed by atoms with Crippen molar-refractivity contribution < 1.29 is 19.1 Å². The van der Waals surface area contributed by atoms with Gasteiger partial charge in [-0.2, -0.15) is 0 Å². The molecule has 1 atom stereocenters. The van der Waals surface area contributed by atoms with Gasteiger partial charge in [-0.3, -0.25) is 24.3 Å². The van der Waals surface area contributed by atoms with E-state index in [1.807, 2.05) is 5.32 Å². The topological polar surface area (TPSA) is 119 Å². The number of hydrogen-bond acceptors (Lipinski definition) is 6. The lowest BCUT2D eigenvalue weighted by Gasteiger charge is -2.13. The summed E-state index contributed by atoms with van der Waals surface area (Å²) in [4.78, 5) is 50.9. The Labute approximate surface area is 136 Å². The third kappa shape index (κ3) is 3.94. The highest BCUT2D eigenvalue weighted by atomic mass is 16.5. The number of benzene rings is 1. The maximum absolute atomic E-state index is 12.3. The van der Waals surface area contributed by atoms with Crippen LogP contribution in [0.25, 0.3) is 10.9 Å². The number of amides is 3. The fraction of sp³-hybridized carbons (Fsp3) is 0.267. The summed E-state index contributed by atoms with van der Waals surface area (Å²) in [5.74, 6) is -1.57. The molecule has 9 heteroatoms. The van der Waals surface area contributed by atoms with Crippen LogP contribution < -0.4 is 16.2 Å². The summed E-state index contributed by atoms with van der Waals surface area (Å²) in [6.45, 7) is 0.922. The van der Waals surface area contributed by atoms with Crippen LogP contribution in [0.2, 0.25) is 0 Å². The lowest BCUT2D eigenvalue weighted by molar-refractivity contribution is -0.155. The Kier molecular flexibility index (Phi) is 5.25. The van der Waals surface area contributed by atoms with Crippen LogP contribution in [0.15, 0.2) is 35.4 Å². The summed E-state index contributed by atoms with van der Waals surface area (Å²) in [7, 11) is 1.35. The number of ether oxygens (including phenoxy) is 1. The Morgan fingerprint density at radius 3 is 2.71 bits per heavy atom. The van der Waals surface area contributed by atoms with E-state index < -0.39 is 30.6 Å². The number of hydrogen-bond donors (Lipinski definition) is 2. The van der Waals surface area contributed by atoms with E-state index in [9.17, 15) is 19.2 Å². The maximum atomic E-state index is 12.3. The predicted octanol–water partition coefficient (Wildman–Crippen LogP) is -0.216. The van der Waals surface area contributed by atoms with Crippen molar-refractivity contribution in [3.05, 3.63) is 40.9 Å². The van der Waals surface area contributed by atoms with E-state index in [-0.39, 0.29) is 5.56 Å². The second-order valence-corrected chi connectivity index (χ2v) is 4.90. The van der Waals surface area contributed by atoms with Gasteiger partial charge in [-0.15, -0.1) is 0 Å². The molecule has 0 aliphatic heterocycles. The Hall–Kier alpha value is -3.23. The Morgan fingerprint density at radius 2 is 2.00 bits per heavy atom. The smallest absolute Gasteiger partial charge is 0.326 e. The van der Waals surface area contributed by atoms with Gasteiger partial charge in [0.05, 0.1) is 17.2 Å². The molecule has 0 unspecified atom stereocenters. The van der Waals surface area contributed by atoms with Crippen molar-refractivity contribution in [1.82, 2.24) is 20.2 Å². The molecule has 2 N–H and O–H groups in total. The van der Waals surface area contributed by atoms with Gasteiger partial charge in [0.2, 0.25) is 0 Å². The molecule has 126 valence electrons. The molecule has 0 spiro atoms. The van der Waals surface area contributed by atoms with Crippen LogP contribution in [0.1, 0.15) is 6.92 Å². The summed E-state index contributed by atoms with van der Waals surface area (Å²) >= 11 is 0. The fourth-order valence-corrected chi connectivity index (χ4v) is 1.92. The summed E-state index contributed by atoms with van der Waals surface area (Å²) < 4.78 is 6.00. The average molecular weight is 332 g/mol. The summed E-state index contributed by atoms with van der Waals surface area (Å²) in [6, 6.07) is 6.02. The van der Waals surface area contributed by atoms with Crippen molar-refractivity contribution in [2.24, 2.45) is 0 Å². The number of carbonyl (C=O) groups excluding carboxylic acids is 3. The zero-order valence-corrected chi connectivity index (χ0v) is 13.1. The third-order valence-electron chi connectivity index (χ3n) is 3.17. The van der Waals surface area contributed by atoms with E-state index in [1.165, 1.54) is 20.3 Å². The van der Waals surface area contributed by atoms with Crippen molar-refractivity contribution in [3.63, 3.8) is 0 Å². The zero-order valence-electron chi connectivity index (χ0n) is 13.1. The molecule has 0 saturated heterocycles. The van der Waals surface area contributed by atoms with E-state index in [1.54, 1.807) is 24.3 Å².